The zero-order valence-corrected chi connectivity index (χ0v) is 14.1. The van der Waals surface area contributed by atoms with Crippen LogP contribution < -0.4 is 10.1 Å². The normalized spacial score (nSPS) is 12.0. The predicted octanol–water partition coefficient (Wildman–Crippen LogP) is 5.50. The first-order valence-electron chi connectivity index (χ1n) is 7.48. The molecule has 0 saturated heterocycles. The number of alkyl halides is 7. The van der Waals surface area contributed by atoms with E-state index in [2.05, 4.69) is 10.1 Å². The summed E-state index contributed by atoms with van der Waals surface area (Å²) in [4.78, 5) is 19.7. The highest BCUT2D eigenvalue weighted by atomic mass is 19.4. The number of hydrogen-bond donors (Lipinski definition) is 1. The highest BCUT2D eigenvalue weighted by Crippen LogP contribution is 2.42. The third-order valence-electron chi connectivity index (χ3n) is 3.43. The highest BCUT2D eigenvalue weighted by molar-refractivity contribution is 5.80. The van der Waals surface area contributed by atoms with E-state index in [4.69, 9.17) is 0 Å². The molecule has 0 heterocycles. The van der Waals surface area contributed by atoms with Crippen molar-refractivity contribution in [2.75, 3.05) is 5.32 Å². The number of ether oxygens (including phenoxy) is 1. The molecule has 0 unspecified atom stereocenters. The summed E-state index contributed by atoms with van der Waals surface area (Å²) in [6.45, 7) is 0. The fraction of sp³-hybridized carbons (Fsp3) is 0.200. The molecule has 0 fully saturated rings. The van der Waals surface area contributed by atoms with Crippen molar-refractivity contribution in [2.24, 2.45) is 0 Å². The van der Waals surface area contributed by atoms with E-state index in [1.54, 1.807) is 0 Å². The molecule has 0 radical (unpaired) electrons. The van der Waals surface area contributed by atoms with Gasteiger partial charge in [0, 0.05) is 23.9 Å². The number of anilines is 2. The third-order valence-corrected chi connectivity index (χ3v) is 3.43. The van der Waals surface area contributed by atoms with Crippen molar-refractivity contribution in [3.05, 3.63) is 62.2 Å². The lowest BCUT2D eigenvalue weighted by Gasteiger charge is -2.17. The molecule has 0 aliphatic carbocycles. The third kappa shape index (κ3) is 5.03. The molecule has 0 saturated carbocycles. The molecule has 2 rings (SSSR count). The second-order valence-corrected chi connectivity index (χ2v) is 5.52. The standard InChI is InChI=1S/C15H8F7N3O5/c16-13(17)15(21,22)30-9-3-1-2-8(6-9)23-12-10(24(26)27)4-7(14(18,19)20)5-11(12)25(28)29/h1-6,13,23H. The predicted molar refractivity (Wildman–Crippen MR) is 86.1 cm³/mol. The SMILES string of the molecule is O=[N+]([O-])c1cc(C(F)(F)F)cc([N+](=O)[O-])c1Nc1cccc(OC(F)(F)C(F)F)c1. The molecule has 0 atom stereocenters. The molecule has 2 aromatic carbocycles. The van der Waals surface area contributed by atoms with Crippen LogP contribution in [-0.4, -0.2) is 22.4 Å². The van der Waals surface area contributed by atoms with Gasteiger partial charge in [-0.25, -0.2) is 0 Å². The second-order valence-electron chi connectivity index (χ2n) is 5.52. The van der Waals surface area contributed by atoms with Gasteiger partial charge in [0.2, 0.25) is 0 Å². The van der Waals surface area contributed by atoms with Crippen molar-refractivity contribution in [1.29, 1.82) is 0 Å². The van der Waals surface area contributed by atoms with Crippen molar-refractivity contribution in [1.82, 2.24) is 0 Å². The summed E-state index contributed by atoms with van der Waals surface area (Å²) >= 11 is 0. The van der Waals surface area contributed by atoms with E-state index < -0.39 is 62.6 Å². The Labute approximate surface area is 161 Å². The molecule has 30 heavy (non-hydrogen) atoms. The Morgan fingerprint density at radius 2 is 1.47 bits per heavy atom. The number of benzene rings is 2. The first-order chi connectivity index (χ1) is 13.7. The van der Waals surface area contributed by atoms with Gasteiger partial charge in [0.1, 0.15) is 5.75 Å². The van der Waals surface area contributed by atoms with E-state index in [-0.39, 0.29) is 12.1 Å². The van der Waals surface area contributed by atoms with Gasteiger partial charge in [0.15, 0.2) is 5.69 Å². The van der Waals surface area contributed by atoms with Crippen LogP contribution in [0.3, 0.4) is 0 Å². The molecule has 0 aromatic heterocycles. The molecule has 15 heteroatoms. The number of nitrogens with zero attached hydrogens (tertiary/aromatic N) is 2. The van der Waals surface area contributed by atoms with Crippen molar-refractivity contribution in [3.63, 3.8) is 0 Å². The largest absolute Gasteiger partial charge is 0.461 e. The van der Waals surface area contributed by atoms with Crippen LogP contribution in [0, 0.1) is 20.2 Å². The summed E-state index contributed by atoms with van der Waals surface area (Å²) in [5.74, 6) is -0.845. The van der Waals surface area contributed by atoms with Gasteiger partial charge in [-0.2, -0.15) is 30.7 Å². The van der Waals surface area contributed by atoms with Gasteiger partial charge in [-0.15, -0.1) is 0 Å². The summed E-state index contributed by atoms with van der Waals surface area (Å²) in [5.41, 5.74) is -5.72. The van der Waals surface area contributed by atoms with Crippen LogP contribution in [0.1, 0.15) is 5.56 Å². The van der Waals surface area contributed by atoms with Crippen LogP contribution >= 0.6 is 0 Å². The van der Waals surface area contributed by atoms with Gasteiger partial charge in [-0.05, 0) is 12.1 Å². The molecule has 0 aliphatic rings. The monoisotopic (exact) mass is 443 g/mol. The Kier molecular flexibility index (Phi) is 6.04. The van der Waals surface area contributed by atoms with Crippen LogP contribution in [-0.2, 0) is 6.18 Å². The molecule has 0 amide bonds. The van der Waals surface area contributed by atoms with Crippen molar-refractivity contribution < 1.29 is 45.3 Å². The summed E-state index contributed by atoms with van der Waals surface area (Å²) in [6, 6.07) is 3.54. The molecule has 8 nitrogen and oxygen atoms in total. The Balaban J connectivity index is 2.54. The lowest BCUT2D eigenvalue weighted by Crippen LogP contribution is -2.33. The molecule has 0 spiro atoms. The highest BCUT2D eigenvalue weighted by Gasteiger charge is 2.44. The number of nitro benzene ring substituents is 2. The van der Waals surface area contributed by atoms with Crippen LogP contribution in [0.5, 0.6) is 5.75 Å². The van der Waals surface area contributed by atoms with Crippen molar-refractivity contribution in [2.45, 2.75) is 18.7 Å². The fourth-order valence-corrected chi connectivity index (χ4v) is 2.17. The molecule has 0 bridgehead atoms. The van der Waals surface area contributed by atoms with Gasteiger partial charge in [0.05, 0.1) is 15.4 Å². The smallest absolute Gasteiger partial charge is 0.428 e. The van der Waals surface area contributed by atoms with Gasteiger partial charge >= 0.3 is 18.7 Å². The maximum Gasteiger partial charge on any atom is 0.461 e. The van der Waals surface area contributed by atoms with E-state index in [0.29, 0.717) is 6.07 Å². The molecular formula is C15H8F7N3O5. The average Bonchev–Trinajstić information content (AvgIpc) is 2.60. The zero-order chi connectivity index (χ0) is 22.9. The average molecular weight is 443 g/mol. The molecular weight excluding hydrogens is 435 g/mol. The van der Waals surface area contributed by atoms with Crippen molar-refractivity contribution >= 4 is 22.7 Å². The first kappa shape index (κ1) is 22.6. The minimum absolute atomic E-state index is 0.0423. The number of hydrogen-bond acceptors (Lipinski definition) is 6. The maximum absolute atomic E-state index is 13.0. The molecule has 2 aromatic rings. The van der Waals surface area contributed by atoms with E-state index in [9.17, 15) is 51.0 Å². The molecule has 0 aliphatic heterocycles. The lowest BCUT2D eigenvalue weighted by atomic mass is 10.1. The Bertz CT molecular complexity index is 946. The number of nitro groups is 2. The summed E-state index contributed by atoms with van der Waals surface area (Å²) in [6.07, 6.45) is -14.2. The fourth-order valence-electron chi connectivity index (χ4n) is 2.17. The van der Waals surface area contributed by atoms with Gasteiger partial charge in [-0.1, -0.05) is 6.07 Å². The minimum Gasteiger partial charge on any atom is -0.428 e. The van der Waals surface area contributed by atoms with E-state index in [0.717, 1.165) is 18.2 Å². The molecule has 162 valence electrons. The topological polar surface area (TPSA) is 108 Å². The van der Waals surface area contributed by atoms with Crippen LogP contribution in [0.4, 0.5) is 53.5 Å². The van der Waals surface area contributed by atoms with Crippen molar-refractivity contribution in [3.8, 4) is 5.75 Å². The number of rotatable bonds is 7. The van der Waals surface area contributed by atoms with Gasteiger partial charge in [-0.3, -0.25) is 20.2 Å². The van der Waals surface area contributed by atoms with Gasteiger partial charge in [0.25, 0.3) is 11.4 Å². The zero-order valence-electron chi connectivity index (χ0n) is 14.1. The number of nitrogens with one attached hydrogen (secondary N) is 1. The van der Waals surface area contributed by atoms with E-state index in [1.165, 1.54) is 0 Å². The van der Waals surface area contributed by atoms with E-state index >= 15 is 0 Å². The van der Waals surface area contributed by atoms with Gasteiger partial charge < -0.3 is 10.1 Å². The quantitative estimate of drug-likeness (QED) is 0.344. The van der Waals surface area contributed by atoms with Crippen LogP contribution in [0.25, 0.3) is 0 Å². The molecule has 1 N–H and O–H groups in total. The van der Waals surface area contributed by atoms with Crippen LogP contribution in [0.2, 0.25) is 0 Å². The Morgan fingerprint density at radius 3 is 1.90 bits per heavy atom. The van der Waals surface area contributed by atoms with E-state index in [1.807, 2.05) is 0 Å². The lowest BCUT2D eigenvalue weighted by molar-refractivity contribution is -0.392. The summed E-state index contributed by atoms with van der Waals surface area (Å²) < 4.78 is 93.0. The number of halogens is 7. The minimum atomic E-state index is -5.14. The van der Waals surface area contributed by atoms with Crippen LogP contribution in [0.15, 0.2) is 36.4 Å². The Hall–Kier alpha value is -3.65. The second kappa shape index (κ2) is 8.00. The Morgan fingerprint density at radius 1 is 0.933 bits per heavy atom. The summed E-state index contributed by atoms with van der Waals surface area (Å²) in [7, 11) is 0. The summed E-state index contributed by atoms with van der Waals surface area (Å²) in [5, 5.41) is 24.4. The first-order valence-corrected chi connectivity index (χ1v) is 7.48. The maximum atomic E-state index is 13.0.